The highest BCUT2D eigenvalue weighted by atomic mass is 16.5. The van der Waals surface area contributed by atoms with E-state index in [0.29, 0.717) is 16.4 Å². The second-order valence-corrected chi connectivity index (χ2v) is 13.8. The molecule has 8 atom stereocenters. The van der Waals surface area contributed by atoms with Gasteiger partial charge in [-0.15, -0.1) is 0 Å². The van der Waals surface area contributed by atoms with Gasteiger partial charge in [0.05, 0.1) is 5.56 Å². The van der Waals surface area contributed by atoms with Gasteiger partial charge in [-0.3, -0.25) is 4.98 Å². The van der Waals surface area contributed by atoms with Gasteiger partial charge in [0.1, 0.15) is 6.10 Å². The van der Waals surface area contributed by atoms with Crippen LogP contribution in [0, 0.1) is 46.3 Å². The van der Waals surface area contributed by atoms with Crippen LogP contribution in [0.3, 0.4) is 0 Å². The van der Waals surface area contributed by atoms with Crippen LogP contribution in [0.5, 0.6) is 0 Å². The van der Waals surface area contributed by atoms with E-state index in [9.17, 15) is 4.79 Å². The highest BCUT2D eigenvalue weighted by Gasteiger charge is 2.59. The maximum absolute atomic E-state index is 12.6. The zero-order valence-electron chi connectivity index (χ0n) is 23.5. The second-order valence-electron chi connectivity index (χ2n) is 13.8. The zero-order valence-corrected chi connectivity index (χ0v) is 23.5. The SMILES string of the molecule is CC(C)CCC[C@@H](C)[C@H]1CC[C@H]2[C@@H]3CCC4=C[C@@H](OC(=O)c5cccnc5)CC[C@]4(C)[C@H]3CC[C@]12C. The average Bonchev–Trinajstić information content (AvgIpc) is 3.22. The van der Waals surface area contributed by atoms with Crippen molar-refractivity contribution in [1.82, 2.24) is 4.98 Å². The summed E-state index contributed by atoms with van der Waals surface area (Å²) in [6, 6.07) is 3.59. The summed E-state index contributed by atoms with van der Waals surface area (Å²) in [5.41, 5.74) is 2.97. The van der Waals surface area contributed by atoms with Crippen LogP contribution in [0.1, 0.15) is 116 Å². The topological polar surface area (TPSA) is 39.2 Å². The van der Waals surface area contributed by atoms with E-state index in [1.54, 1.807) is 30.1 Å². The lowest BCUT2D eigenvalue weighted by atomic mass is 9.46. The van der Waals surface area contributed by atoms with E-state index in [1.807, 2.05) is 0 Å². The van der Waals surface area contributed by atoms with Gasteiger partial charge in [0.15, 0.2) is 0 Å². The Morgan fingerprint density at radius 3 is 2.64 bits per heavy atom. The predicted octanol–water partition coefficient (Wildman–Crippen LogP) is 8.65. The second kappa shape index (κ2) is 10.3. The predicted molar refractivity (Wildman–Crippen MR) is 146 cm³/mol. The molecule has 36 heavy (non-hydrogen) atoms. The first-order valence-corrected chi connectivity index (χ1v) is 15.0. The molecule has 3 fully saturated rings. The molecule has 0 bridgehead atoms. The van der Waals surface area contributed by atoms with Crippen LogP contribution < -0.4 is 0 Å². The molecule has 3 nitrogen and oxygen atoms in total. The number of carbonyl (C=O) groups is 1. The monoisotopic (exact) mass is 491 g/mol. The molecule has 0 aliphatic heterocycles. The lowest BCUT2D eigenvalue weighted by molar-refractivity contribution is -0.0635. The van der Waals surface area contributed by atoms with Crippen molar-refractivity contribution in [1.29, 1.82) is 0 Å². The number of ether oxygens (including phenoxy) is 1. The summed E-state index contributed by atoms with van der Waals surface area (Å²) in [7, 11) is 0. The first-order valence-electron chi connectivity index (χ1n) is 15.0. The Balaban J connectivity index is 1.26. The minimum Gasteiger partial charge on any atom is -0.454 e. The van der Waals surface area contributed by atoms with Gasteiger partial charge in [-0.2, -0.15) is 0 Å². The molecule has 1 aromatic rings. The van der Waals surface area contributed by atoms with E-state index in [2.05, 4.69) is 45.7 Å². The summed E-state index contributed by atoms with van der Waals surface area (Å²) in [4.78, 5) is 16.7. The third-order valence-corrected chi connectivity index (χ3v) is 11.4. The Hall–Kier alpha value is -1.64. The number of allylic oxidation sites excluding steroid dienone is 1. The molecule has 3 saturated carbocycles. The van der Waals surface area contributed by atoms with E-state index < -0.39 is 0 Å². The fourth-order valence-corrected chi connectivity index (χ4v) is 9.50. The van der Waals surface area contributed by atoms with Crippen LogP contribution in [0.25, 0.3) is 0 Å². The molecular weight excluding hydrogens is 442 g/mol. The number of esters is 1. The molecule has 1 heterocycles. The molecule has 4 aliphatic carbocycles. The number of pyridine rings is 1. The average molecular weight is 492 g/mol. The summed E-state index contributed by atoms with van der Waals surface area (Å²) in [5.74, 6) is 4.98. The third kappa shape index (κ3) is 4.69. The van der Waals surface area contributed by atoms with E-state index >= 15 is 0 Å². The van der Waals surface area contributed by atoms with Crippen molar-refractivity contribution >= 4 is 5.97 Å². The minimum atomic E-state index is -0.241. The van der Waals surface area contributed by atoms with Crippen LogP contribution in [0.2, 0.25) is 0 Å². The molecule has 1 aromatic heterocycles. The van der Waals surface area contributed by atoms with Gasteiger partial charge in [-0.1, -0.05) is 59.5 Å². The molecule has 0 N–H and O–H groups in total. The molecule has 3 heteroatoms. The number of nitrogens with zero attached hydrogens (tertiary/aromatic N) is 1. The van der Waals surface area contributed by atoms with Crippen molar-refractivity contribution in [2.75, 3.05) is 0 Å². The van der Waals surface area contributed by atoms with Crippen molar-refractivity contribution in [3.63, 3.8) is 0 Å². The summed E-state index contributed by atoms with van der Waals surface area (Å²) >= 11 is 0. The summed E-state index contributed by atoms with van der Waals surface area (Å²) in [5, 5.41) is 0. The van der Waals surface area contributed by atoms with Gasteiger partial charge in [0, 0.05) is 12.4 Å². The fraction of sp³-hybridized carbons (Fsp3) is 0.758. The standard InChI is InChI=1S/C33H49NO2/c1-22(2)8-6-9-23(3)28-13-14-29-27-12-11-25-20-26(36-31(35)24-10-7-19-34-21-24)15-17-32(25,4)30(27)16-18-33(28,29)5/h7,10,19-23,26-30H,6,8-9,11-18H2,1-5H3/t23-,26+,27+,28-,29+,30+,32+,33-/m1/s1. The van der Waals surface area contributed by atoms with Crippen molar-refractivity contribution in [3.05, 3.63) is 41.7 Å². The molecule has 0 spiro atoms. The minimum absolute atomic E-state index is 0.0891. The largest absolute Gasteiger partial charge is 0.454 e. The molecule has 198 valence electrons. The van der Waals surface area contributed by atoms with E-state index in [-0.39, 0.29) is 12.1 Å². The smallest absolute Gasteiger partial charge is 0.340 e. The third-order valence-electron chi connectivity index (χ3n) is 11.4. The van der Waals surface area contributed by atoms with E-state index in [1.165, 1.54) is 57.8 Å². The summed E-state index contributed by atoms with van der Waals surface area (Å²) < 4.78 is 5.92. The van der Waals surface area contributed by atoms with Gasteiger partial charge >= 0.3 is 5.97 Å². The quantitative estimate of drug-likeness (QED) is 0.283. The number of hydrogen-bond acceptors (Lipinski definition) is 3. The summed E-state index contributed by atoms with van der Waals surface area (Å²) in [6.45, 7) is 12.5. The Morgan fingerprint density at radius 2 is 1.89 bits per heavy atom. The Morgan fingerprint density at radius 1 is 1.06 bits per heavy atom. The molecule has 0 radical (unpaired) electrons. The van der Waals surface area contributed by atoms with Gasteiger partial charge in [0.2, 0.25) is 0 Å². The first kappa shape index (κ1) is 26.0. The van der Waals surface area contributed by atoms with Crippen LogP contribution in [0.4, 0.5) is 0 Å². The van der Waals surface area contributed by atoms with Gasteiger partial charge in [0.25, 0.3) is 0 Å². The van der Waals surface area contributed by atoms with Crippen LogP contribution in [0.15, 0.2) is 36.2 Å². The van der Waals surface area contributed by atoms with Crippen molar-refractivity contribution in [2.45, 2.75) is 111 Å². The highest BCUT2D eigenvalue weighted by molar-refractivity contribution is 5.89. The van der Waals surface area contributed by atoms with Gasteiger partial charge < -0.3 is 4.74 Å². The molecule has 5 rings (SSSR count). The lowest BCUT2D eigenvalue weighted by Crippen LogP contribution is -2.51. The molecule has 4 aliphatic rings. The van der Waals surface area contributed by atoms with E-state index in [4.69, 9.17) is 4.74 Å². The van der Waals surface area contributed by atoms with E-state index in [0.717, 1.165) is 48.3 Å². The fourth-order valence-electron chi connectivity index (χ4n) is 9.50. The van der Waals surface area contributed by atoms with Crippen LogP contribution in [-0.4, -0.2) is 17.1 Å². The van der Waals surface area contributed by atoms with Gasteiger partial charge in [-0.05, 0) is 116 Å². The van der Waals surface area contributed by atoms with Crippen molar-refractivity contribution in [2.24, 2.45) is 46.3 Å². The lowest BCUT2D eigenvalue weighted by Gasteiger charge is -2.59. The molecule has 0 aromatic carbocycles. The maximum Gasteiger partial charge on any atom is 0.340 e. The van der Waals surface area contributed by atoms with Crippen molar-refractivity contribution in [3.8, 4) is 0 Å². The highest BCUT2D eigenvalue weighted by Crippen LogP contribution is 2.67. The molecular formula is C33H49NO2. The number of hydrogen-bond donors (Lipinski definition) is 0. The van der Waals surface area contributed by atoms with Crippen LogP contribution >= 0.6 is 0 Å². The Bertz CT molecular complexity index is 954. The van der Waals surface area contributed by atoms with Crippen LogP contribution in [-0.2, 0) is 4.74 Å². The van der Waals surface area contributed by atoms with Crippen molar-refractivity contribution < 1.29 is 9.53 Å². The zero-order chi connectivity index (χ0) is 25.5. The normalized spacial score (nSPS) is 38.5. The number of fused-ring (bicyclic) bond motifs is 5. The molecule has 0 saturated heterocycles. The number of aromatic nitrogens is 1. The number of carbonyl (C=O) groups excluding carboxylic acids is 1. The molecule has 0 unspecified atom stereocenters. The molecule has 0 amide bonds. The number of rotatable bonds is 7. The Kier molecular flexibility index (Phi) is 7.40. The maximum atomic E-state index is 12.6. The summed E-state index contributed by atoms with van der Waals surface area (Å²) in [6.07, 6.45) is 20.1. The first-order chi connectivity index (χ1) is 17.2. The van der Waals surface area contributed by atoms with Gasteiger partial charge in [-0.25, -0.2) is 4.79 Å². The Labute approximate surface area is 219 Å².